The van der Waals surface area contributed by atoms with E-state index in [9.17, 15) is 14.4 Å². The van der Waals surface area contributed by atoms with Crippen molar-refractivity contribution in [3.8, 4) is 0 Å². The fraction of sp³-hybridized carbons (Fsp3) is 0.200. The Morgan fingerprint density at radius 1 is 1.04 bits per heavy atom. The molecule has 0 spiro atoms. The van der Waals surface area contributed by atoms with Crippen LogP contribution in [0.15, 0.2) is 66.0 Å². The number of carbonyl (C=O) groups is 3. The van der Waals surface area contributed by atoms with Crippen molar-refractivity contribution in [2.24, 2.45) is 0 Å². The van der Waals surface area contributed by atoms with E-state index in [0.717, 1.165) is 0 Å². The van der Waals surface area contributed by atoms with Gasteiger partial charge in [0, 0.05) is 6.20 Å². The van der Waals surface area contributed by atoms with Crippen LogP contribution in [0.25, 0.3) is 0 Å². The van der Waals surface area contributed by atoms with Crippen molar-refractivity contribution >= 4 is 18.0 Å². The Bertz CT molecular complexity index is 897. The Morgan fingerprint density at radius 2 is 1.79 bits per heavy atom. The van der Waals surface area contributed by atoms with Crippen molar-refractivity contribution in [2.45, 2.75) is 13.0 Å². The first-order valence-corrected chi connectivity index (χ1v) is 8.71. The predicted molar refractivity (Wildman–Crippen MR) is 99.0 cm³/mol. The summed E-state index contributed by atoms with van der Waals surface area (Å²) in [6.45, 7) is 1.55. The summed E-state index contributed by atoms with van der Waals surface area (Å²) < 4.78 is 10.4. The van der Waals surface area contributed by atoms with Crippen molar-refractivity contribution in [3.05, 3.63) is 77.3 Å². The van der Waals surface area contributed by atoms with Crippen LogP contribution in [0.3, 0.4) is 0 Å². The Hall–Kier alpha value is -3.68. The number of ether oxygens (including phenoxy) is 2. The average molecular weight is 381 g/mol. The number of nitrogens with zero attached hydrogens (tertiary/aromatic N) is 1. The first-order valence-electron chi connectivity index (χ1n) is 8.71. The van der Waals surface area contributed by atoms with E-state index in [-0.39, 0.29) is 30.2 Å². The highest BCUT2D eigenvalue weighted by Crippen LogP contribution is 2.27. The zero-order valence-corrected chi connectivity index (χ0v) is 15.2. The Labute approximate surface area is 161 Å². The van der Waals surface area contributed by atoms with Crippen LogP contribution < -0.4 is 10.6 Å². The number of amides is 2. The molecule has 0 fully saturated rings. The molecule has 0 saturated heterocycles. The van der Waals surface area contributed by atoms with Crippen LogP contribution in [0.4, 0.5) is 4.79 Å². The van der Waals surface area contributed by atoms with Gasteiger partial charge in [-0.2, -0.15) is 0 Å². The lowest BCUT2D eigenvalue weighted by atomic mass is 9.95. The van der Waals surface area contributed by atoms with E-state index in [0.29, 0.717) is 5.56 Å². The van der Waals surface area contributed by atoms with Gasteiger partial charge in [0.2, 0.25) is 0 Å². The van der Waals surface area contributed by atoms with Crippen molar-refractivity contribution in [1.82, 2.24) is 15.6 Å². The van der Waals surface area contributed by atoms with Gasteiger partial charge in [-0.1, -0.05) is 36.4 Å². The molecule has 0 radical (unpaired) electrons. The molecule has 0 aliphatic carbocycles. The molecule has 1 aromatic heterocycles. The summed E-state index contributed by atoms with van der Waals surface area (Å²) >= 11 is 0. The molecular formula is C20H19N3O5. The van der Waals surface area contributed by atoms with E-state index in [1.165, 1.54) is 12.3 Å². The van der Waals surface area contributed by atoms with E-state index in [1.54, 1.807) is 43.3 Å². The number of rotatable bonds is 6. The molecular weight excluding hydrogens is 362 g/mol. The first kappa shape index (κ1) is 19.1. The molecule has 1 aliphatic rings. The van der Waals surface area contributed by atoms with Crippen molar-refractivity contribution in [2.75, 3.05) is 13.2 Å². The fourth-order valence-corrected chi connectivity index (χ4v) is 2.77. The molecule has 0 bridgehead atoms. The average Bonchev–Trinajstić information content (AvgIpc) is 2.73. The number of benzene rings is 1. The lowest BCUT2D eigenvalue weighted by Crippen LogP contribution is -2.47. The maximum absolute atomic E-state index is 12.6. The summed E-state index contributed by atoms with van der Waals surface area (Å²) in [6.07, 6.45) is 1.47. The van der Waals surface area contributed by atoms with Gasteiger partial charge in [-0.3, -0.25) is 0 Å². The minimum atomic E-state index is -0.724. The van der Waals surface area contributed by atoms with Crippen LogP contribution in [0.1, 0.15) is 29.0 Å². The molecule has 0 unspecified atom stereocenters. The van der Waals surface area contributed by atoms with Crippen molar-refractivity contribution < 1.29 is 23.9 Å². The quantitative estimate of drug-likeness (QED) is 0.743. The number of carbonyl (C=O) groups excluding carboxylic acids is 3. The van der Waals surface area contributed by atoms with E-state index >= 15 is 0 Å². The second-order valence-corrected chi connectivity index (χ2v) is 5.85. The van der Waals surface area contributed by atoms with E-state index in [1.807, 2.05) is 6.07 Å². The molecule has 8 nitrogen and oxygen atoms in total. The molecule has 2 amide bonds. The van der Waals surface area contributed by atoms with Gasteiger partial charge in [-0.05, 0) is 24.6 Å². The Morgan fingerprint density at radius 3 is 2.46 bits per heavy atom. The molecule has 144 valence electrons. The molecule has 0 saturated carbocycles. The third kappa shape index (κ3) is 4.35. The molecule has 1 aromatic carbocycles. The van der Waals surface area contributed by atoms with Crippen LogP contribution in [-0.2, 0) is 14.3 Å². The molecule has 8 heteroatoms. The van der Waals surface area contributed by atoms with Gasteiger partial charge in [0.05, 0.1) is 23.9 Å². The van der Waals surface area contributed by atoms with E-state index in [4.69, 9.17) is 9.47 Å². The number of esters is 2. The zero-order chi connectivity index (χ0) is 19.9. The minimum absolute atomic E-state index is 0.126. The molecule has 1 atom stereocenters. The van der Waals surface area contributed by atoms with Gasteiger partial charge in [-0.15, -0.1) is 0 Å². The lowest BCUT2D eigenvalue weighted by molar-refractivity contribution is -0.139. The zero-order valence-electron chi connectivity index (χ0n) is 15.2. The summed E-state index contributed by atoms with van der Waals surface area (Å²) in [6, 6.07) is 12.6. The summed E-state index contributed by atoms with van der Waals surface area (Å²) in [5.41, 5.74) is 1.18. The SMILES string of the molecule is CCOC(=O)C1=C(COC(=O)c2ccccn2)NC(=O)N[C@@H]1c1ccccc1. The van der Waals surface area contributed by atoms with Gasteiger partial charge in [-0.25, -0.2) is 19.4 Å². The summed E-state index contributed by atoms with van der Waals surface area (Å²) in [4.78, 5) is 40.8. The number of aromatic nitrogens is 1. The molecule has 2 heterocycles. The standard InChI is InChI=1S/C20H19N3O5/c1-2-27-19(25)16-15(12-28-18(24)14-10-6-7-11-21-14)22-20(26)23-17(16)13-8-4-3-5-9-13/h3-11,17H,2,12H2,1H3,(H2,22,23,26)/t17-/m1/s1. The highest BCUT2D eigenvalue weighted by Gasteiger charge is 2.34. The highest BCUT2D eigenvalue weighted by atomic mass is 16.5. The second-order valence-electron chi connectivity index (χ2n) is 5.85. The Kier molecular flexibility index (Phi) is 6.01. The normalized spacial score (nSPS) is 16.0. The molecule has 1 aliphatic heterocycles. The number of hydrogen-bond donors (Lipinski definition) is 2. The third-order valence-corrected chi connectivity index (χ3v) is 4.00. The first-order chi connectivity index (χ1) is 13.6. The number of pyridine rings is 1. The fourth-order valence-electron chi connectivity index (χ4n) is 2.77. The maximum atomic E-state index is 12.6. The van der Waals surface area contributed by atoms with Crippen LogP contribution >= 0.6 is 0 Å². The smallest absolute Gasteiger partial charge is 0.357 e. The second kappa shape index (κ2) is 8.81. The highest BCUT2D eigenvalue weighted by molar-refractivity contribution is 5.95. The van der Waals surface area contributed by atoms with Gasteiger partial charge < -0.3 is 20.1 Å². The summed E-state index contributed by atoms with van der Waals surface area (Å²) in [7, 11) is 0. The largest absolute Gasteiger partial charge is 0.463 e. The number of nitrogens with one attached hydrogen (secondary N) is 2. The molecule has 2 N–H and O–H groups in total. The van der Waals surface area contributed by atoms with Crippen LogP contribution in [0.2, 0.25) is 0 Å². The van der Waals surface area contributed by atoms with Gasteiger partial charge >= 0.3 is 18.0 Å². The van der Waals surface area contributed by atoms with E-state index in [2.05, 4.69) is 15.6 Å². The van der Waals surface area contributed by atoms with Gasteiger partial charge in [0.15, 0.2) is 0 Å². The molecule has 3 rings (SSSR count). The van der Waals surface area contributed by atoms with Crippen molar-refractivity contribution in [3.63, 3.8) is 0 Å². The predicted octanol–water partition coefficient (Wildman–Crippen LogP) is 2.11. The summed E-state index contributed by atoms with van der Waals surface area (Å²) in [5, 5.41) is 5.25. The number of hydrogen-bond acceptors (Lipinski definition) is 6. The minimum Gasteiger partial charge on any atom is -0.463 e. The third-order valence-electron chi connectivity index (χ3n) is 4.00. The summed E-state index contributed by atoms with van der Waals surface area (Å²) in [5.74, 6) is -1.27. The van der Waals surface area contributed by atoms with Gasteiger partial charge in [0.1, 0.15) is 12.3 Å². The molecule has 2 aromatic rings. The van der Waals surface area contributed by atoms with Crippen LogP contribution in [0, 0.1) is 0 Å². The Balaban J connectivity index is 1.91. The van der Waals surface area contributed by atoms with Crippen LogP contribution in [0.5, 0.6) is 0 Å². The van der Waals surface area contributed by atoms with Crippen molar-refractivity contribution in [1.29, 1.82) is 0 Å². The number of urea groups is 1. The van der Waals surface area contributed by atoms with Crippen LogP contribution in [-0.4, -0.2) is 36.2 Å². The molecule has 28 heavy (non-hydrogen) atoms. The van der Waals surface area contributed by atoms with Gasteiger partial charge in [0.25, 0.3) is 0 Å². The maximum Gasteiger partial charge on any atom is 0.357 e. The van der Waals surface area contributed by atoms with E-state index < -0.39 is 24.0 Å². The lowest BCUT2D eigenvalue weighted by Gasteiger charge is -2.29. The topological polar surface area (TPSA) is 107 Å². The monoisotopic (exact) mass is 381 g/mol.